The minimum atomic E-state index is -0.977. The fourth-order valence-electron chi connectivity index (χ4n) is 1.86. The second-order valence-electron chi connectivity index (χ2n) is 4.29. The van der Waals surface area contributed by atoms with Crippen molar-refractivity contribution in [3.63, 3.8) is 0 Å². The molecule has 1 amide bonds. The summed E-state index contributed by atoms with van der Waals surface area (Å²) < 4.78 is 0. The summed E-state index contributed by atoms with van der Waals surface area (Å²) in [4.78, 5) is 28.6. The van der Waals surface area contributed by atoms with E-state index in [0.29, 0.717) is 16.3 Å². The Kier molecular flexibility index (Phi) is 4.90. The standard InChI is InChI=1S/C15H13ClN2O3/c16-12-3-1-2-4-13(12)18(10-7-14(19)20)15(21)11-5-8-17-9-6-11/h1-6,8-9H,7,10H2,(H,19,20). The van der Waals surface area contributed by atoms with Gasteiger partial charge in [-0.2, -0.15) is 0 Å². The van der Waals surface area contributed by atoms with E-state index in [1.807, 2.05) is 0 Å². The maximum atomic E-state index is 12.6. The van der Waals surface area contributed by atoms with E-state index in [-0.39, 0.29) is 18.9 Å². The number of amides is 1. The maximum absolute atomic E-state index is 12.6. The third kappa shape index (κ3) is 3.79. The molecule has 21 heavy (non-hydrogen) atoms. The number of aromatic nitrogens is 1. The van der Waals surface area contributed by atoms with E-state index in [2.05, 4.69) is 4.98 Å². The Balaban J connectivity index is 2.34. The average Bonchev–Trinajstić information content (AvgIpc) is 2.49. The van der Waals surface area contributed by atoms with Crippen LogP contribution in [0.25, 0.3) is 0 Å². The number of carbonyl (C=O) groups excluding carboxylic acids is 1. The van der Waals surface area contributed by atoms with Crippen molar-refractivity contribution in [3.8, 4) is 0 Å². The minimum Gasteiger partial charge on any atom is -0.481 e. The third-order valence-electron chi connectivity index (χ3n) is 2.86. The molecule has 2 aromatic rings. The number of nitrogens with zero attached hydrogens (tertiary/aromatic N) is 2. The number of carbonyl (C=O) groups is 2. The Hall–Kier alpha value is -2.40. The summed E-state index contributed by atoms with van der Waals surface area (Å²) in [6.07, 6.45) is 2.85. The zero-order valence-electron chi connectivity index (χ0n) is 11.1. The highest BCUT2D eigenvalue weighted by Gasteiger charge is 2.20. The topological polar surface area (TPSA) is 70.5 Å². The van der Waals surface area contributed by atoms with Gasteiger partial charge in [-0.1, -0.05) is 23.7 Å². The van der Waals surface area contributed by atoms with Gasteiger partial charge in [0, 0.05) is 24.5 Å². The van der Waals surface area contributed by atoms with Crippen LogP contribution in [0.4, 0.5) is 5.69 Å². The molecule has 0 saturated heterocycles. The number of rotatable bonds is 5. The zero-order chi connectivity index (χ0) is 15.2. The highest BCUT2D eigenvalue weighted by atomic mass is 35.5. The summed E-state index contributed by atoms with van der Waals surface area (Å²) >= 11 is 6.11. The fraction of sp³-hybridized carbons (Fsp3) is 0.133. The zero-order valence-corrected chi connectivity index (χ0v) is 11.8. The Morgan fingerprint density at radius 3 is 2.43 bits per heavy atom. The predicted molar refractivity (Wildman–Crippen MR) is 79.6 cm³/mol. The Morgan fingerprint density at radius 1 is 1.14 bits per heavy atom. The normalized spacial score (nSPS) is 10.1. The molecule has 0 bridgehead atoms. The van der Waals surface area contributed by atoms with Gasteiger partial charge in [-0.15, -0.1) is 0 Å². The molecule has 1 heterocycles. The van der Waals surface area contributed by atoms with E-state index in [4.69, 9.17) is 16.7 Å². The monoisotopic (exact) mass is 304 g/mol. The molecule has 0 atom stereocenters. The molecule has 1 aromatic carbocycles. The van der Waals surface area contributed by atoms with Crippen molar-refractivity contribution in [1.29, 1.82) is 0 Å². The van der Waals surface area contributed by atoms with Crippen LogP contribution in [0.15, 0.2) is 48.8 Å². The number of anilines is 1. The molecule has 108 valence electrons. The van der Waals surface area contributed by atoms with Crippen molar-refractivity contribution in [2.75, 3.05) is 11.4 Å². The second kappa shape index (κ2) is 6.85. The van der Waals surface area contributed by atoms with E-state index in [1.54, 1.807) is 36.4 Å². The molecule has 0 aliphatic heterocycles. The van der Waals surface area contributed by atoms with Crippen LogP contribution >= 0.6 is 11.6 Å². The van der Waals surface area contributed by atoms with Crippen molar-refractivity contribution in [1.82, 2.24) is 4.98 Å². The van der Waals surface area contributed by atoms with Crippen LogP contribution in [0.3, 0.4) is 0 Å². The number of carboxylic acids is 1. The molecule has 0 unspecified atom stereocenters. The minimum absolute atomic E-state index is 0.0419. The first-order chi connectivity index (χ1) is 10.1. The van der Waals surface area contributed by atoms with Crippen LogP contribution in [0.1, 0.15) is 16.8 Å². The van der Waals surface area contributed by atoms with E-state index in [0.717, 1.165) is 0 Å². The van der Waals surface area contributed by atoms with Crippen molar-refractivity contribution >= 4 is 29.2 Å². The van der Waals surface area contributed by atoms with Crippen molar-refractivity contribution < 1.29 is 14.7 Å². The first-order valence-electron chi connectivity index (χ1n) is 6.28. The summed E-state index contributed by atoms with van der Waals surface area (Å²) in [5.74, 6) is -1.29. The van der Waals surface area contributed by atoms with Crippen LogP contribution in [-0.4, -0.2) is 28.5 Å². The number of carboxylic acid groups (broad SMARTS) is 1. The molecular formula is C15H13ClN2O3. The largest absolute Gasteiger partial charge is 0.481 e. The van der Waals surface area contributed by atoms with E-state index >= 15 is 0 Å². The van der Waals surface area contributed by atoms with Crippen molar-refractivity contribution in [2.24, 2.45) is 0 Å². The lowest BCUT2D eigenvalue weighted by Gasteiger charge is -2.23. The number of benzene rings is 1. The number of pyridine rings is 1. The third-order valence-corrected chi connectivity index (χ3v) is 3.18. The van der Waals surface area contributed by atoms with Gasteiger partial charge in [-0.3, -0.25) is 14.6 Å². The quantitative estimate of drug-likeness (QED) is 0.922. The van der Waals surface area contributed by atoms with Gasteiger partial charge in [0.05, 0.1) is 17.1 Å². The lowest BCUT2D eigenvalue weighted by Crippen LogP contribution is -2.33. The average molecular weight is 305 g/mol. The van der Waals surface area contributed by atoms with Crippen LogP contribution in [0, 0.1) is 0 Å². The van der Waals surface area contributed by atoms with Gasteiger partial charge < -0.3 is 10.0 Å². The maximum Gasteiger partial charge on any atom is 0.305 e. The van der Waals surface area contributed by atoms with E-state index in [1.165, 1.54) is 17.3 Å². The Labute approximate surface area is 126 Å². The van der Waals surface area contributed by atoms with Gasteiger partial charge >= 0.3 is 5.97 Å². The summed E-state index contributed by atoms with van der Waals surface area (Å²) in [5, 5.41) is 9.24. The highest BCUT2D eigenvalue weighted by molar-refractivity contribution is 6.34. The fourth-order valence-corrected chi connectivity index (χ4v) is 2.10. The van der Waals surface area contributed by atoms with Gasteiger partial charge in [0.2, 0.25) is 0 Å². The smallest absolute Gasteiger partial charge is 0.305 e. The molecule has 0 radical (unpaired) electrons. The van der Waals surface area contributed by atoms with Crippen LogP contribution < -0.4 is 4.90 Å². The molecule has 0 aliphatic carbocycles. The van der Waals surface area contributed by atoms with Crippen LogP contribution in [0.5, 0.6) is 0 Å². The molecule has 2 rings (SSSR count). The van der Waals surface area contributed by atoms with Crippen molar-refractivity contribution in [3.05, 3.63) is 59.4 Å². The van der Waals surface area contributed by atoms with E-state index in [9.17, 15) is 9.59 Å². The van der Waals surface area contributed by atoms with Gasteiger partial charge in [0.15, 0.2) is 0 Å². The number of aliphatic carboxylic acids is 1. The predicted octanol–water partition coefficient (Wildman–Crippen LogP) is 2.86. The van der Waals surface area contributed by atoms with Crippen molar-refractivity contribution in [2.45, 2.75) is 6.42 Å². The van der Waals surface area contributed by atoms with Gasteiger partial charge in [0.25, 0.3) is 5.91 Å². The molecule has 0 saturated carbocycles. The summed E-state index contributed by atoms with van der Waals surface area (Å²) in [5.41, 5.74) is 0.914. The number of halogens is 1. The number of hydrogen-bond acceptors (Lipinski definition) is 3. The Morgan fingerprint density at radius 2 is 1.81 bits per heavy atom. The molecule has 1 N–H and O–H groups in total. The van der Waals surface area contributed by atoms with Crippen LogP contribution in [0.2, 0.25) is 5.02 Å². The first-order valence-corrected chi connectivity index (χ1v) is 6.65. The molecule has 6 heteroatoms. The molecule has 1 aromatic heterocycles. The molecule has 0 spiro atoms. The second-order valence-corrected chi connectivity index (χ2v) is 4.70. The molecule has 0 fully saturated rings. The molecular weight excluding hydrogens is 292 g/mol. The number of hydrogen-bond donors (Lipinski definition) is 1. The molecule has 0 aliphatic rings. The van der Waals surface area contributed by atoms with Gasteiger partial charge in [0.1, 0.15) is 0 Å². The van der Waals surface area contributed by atoms with E-state index < -0.39 is 5.97 Å². The first kappa shape index (κ1) is 15.0. The highest BCUT2D eigenvalue weighted by Crippen LogP contribution is 2.26. The Bertz CT molecular complexity index is 646. The summed E-state index contributed by atoms with van der Waals surface area (Å²) in [6.45, 7) is 0.0419. The summed E-state index contributed by atoms with van der Waals surface area (Å²) in [6, 6.07) is 9.99. The summed E-state index contributed by atoms with van der Waals surface area (Å²) in [7, 11) is 0. The SMILES string of the molecule is O=C(O)CCN(C(=O)c1ccncc1)c1ccccc1Cl. The molecule has 5 nitrogen and oxygen atoms in total. The number of para-hydroxylation sites is 1. The van der Waals surface area contributed by atoms with Crippen LogP contribution in [-0.2, 0) is 4.79 Å². The lowest BCUT2D eigenvalue weighted by molar-refractivity contribution is -0.136. The van der Waals surface area contributed by atoms with Gasteiger partial charge in [-0.05, 0) is 24.3 Å². The lowest BCUT2D eigenvalue weighted by atomic mass is 10.2. The van der Waals surface area contributed by atoms with Gasteiger partial charge in [-0.25, -0.2) is 0 Å².